The summed E-state index contributed by atoms with van der Waals surface area (Å²) in [6, 6.07) is 10.7. The Balaban J connectivity index is 1.37. The van der Waals surface area contributed by atoms with Gasteiger partial charge < -0.3 is 28.0 Å². The van der Waals surface area contributed by atoms with Gasteiger partial charge in [-0.3, -0.25) is 9.82 Å². The topological polar surface area (TPSA) is 150 Å². The van der Waals surface area contributed by atoms with Gasteiger partial charge in [-0.15, -0.1) is 0 Å². The predicted molar refractivity (Wildman–Crippen MR) is 190 cm³/mol. The van der Waals surface area contributed by atoms with E-state index in [1.165, 1.54) is 16.5 Å². The van der Waals surface area contributed by atoms with Crippen LogP contribution < -0.4 is 18.4 Å². The van der Waals surface area contributed by atoms with Crippen LogP contribution in [0.2, 0.25) is 0 Å². The molecule has 1 saturated carbocycles. The molecule has 14 nitrogen and oxygen atoms in total. The average Bonchev–Trinajstić information content (AvgIpc) is 3.65. The maximum absolute atomic E-state index is 14.0. The van der Waals surface area contributed by atoms with Crippen molar-refractivity contribution in [2.24, 2.45) is 17.8 Å². The zero-order chi connectivity index (χ0) is 36.4. The minimum atomic E-state index is -1.99. The van der Waals surface area contributed by atoms with E-state index in [1.807, 2.05) is 26.0 Å². The normalized spacial score (nSPS) is 21.1. The van der Waals surface area contributed by atoms with Gasteiger partial charge in [0, 0.05) is 18.7 Å². The SMILES string of the molecule is [C-]#[N+]c1c(C(=O)OC2C(C)CC(C)CC2C)c2nc(-c3ccc(OC)c(NS(=O)Oc4cc(C)ccc4C)c3)[nH]n2c1OC(=O)N1CCOCC1. The standard InChI is InChI=1S/C36H42N6O8S/c1-20-8-9-22(3)28(18-20)50-51(45)40-26-19-25(10-11-27(26)46-7)32-38-33-29(35(43)48-31-23(4)16-21(2)17-24(31)5)30(37-6)34(42(33)39-32)49-36(44)41-12-14-47-15-13-41/h8-11,18-19,21,23-24,31,40H,12-17H2,1-5,7H3,(H,38,39). The minimum absolute atomic E-state index is 0.0578. The lowest BCUT2D eigenvalue weighted by Gasteiger charge is -2.37. The van der Waals surface area contributed by atoms with Crippen molar-refractivity contribution < 1.29 is 36.9 Å². The third-order valence-electron chi connectivity index (χ3n) is 9.37. The molecule has 1 saturated heterocycles. The summed E-state index contributed by atoms with van der Waals surface area (Å²) in [5.74, 6) is 0.951. The molecule has 6 rings (SSSR count). The average molecular weight is 719 g/mol. The highest BCUT2D eigenvalue weighted by atomic mass is 32.2. The molecule has 1 aliphatic heterocycles. The van der Waals surface area contributed by atoms with Crippen molar-refractivity contribution in [1.82, 2.24) is 19.5 Å². The van der Waals surface area contributed by atoms with E-state index in [-0.39, 0.29) is 46.5 Å². The number of nitrogens with zero attached hydrogens (tertiary/aromatic N) is 4. The fourth-order valence-corrected chi connectivity index (χ4v) is 7.64. The van der Waals surface area contributed by atoms with Crippen molar-refractivity contribution in [1.29, 1.82) is 0 Å². The molecule has 1 amide bonds. The Morgan fingerprint density at radius 1 is 1.06 bits per heavy atom. The zero-order valence-corrected chi connectivity index (χ0v) is 30.3. The molecule has 1 aliphatic carbocycles. The van der Waals surface area contributed by atoms with Gasteiger partial charge >= 0.3 is 23.3 Å². The molecule has 2 aliphatic rings. The second-order valence-electron chi connectivity index (χ2n) is 13.3. The first-order valence-electron chi connectivity index (χ1n) is 16.9. The summed E-state index contributed by atoms with van der Waals surface area (Å²) in [6.45, 7) is 19.5. The Kier molecular flexibility index (Phi) is 10.5. The highest BCUT2D eigenvalue weighted by Gasteiger charge is 2.38. The van der Waals surface area contributed by atoms with Crippen molar-refractivity contribution in [3.63, 3.8) is 0 Å². The first kappa shape index (κ1) is 35.7. The smallest absolute Gasteiger partial charge is 0.415 e. The Hall–Kier alpha value is -5.07. The second-order valence-corrected chi connectivity index (χ2v) is 14.2. The number of amides is 1. The maximum Gasteiger partial charge on any atom is 0.415 e. The number of carbonyl (C=O) groups excluding carboxylic acids is 2. The molecular formula is C36H42N6O8S. The molecule has 2 N–H and O–H groups in total. The lowest BCUT2D eigenvalue weighted by atomic mass is 9.75. The molecule has 0 spiro atoms. The van der Waals surface area contributed by atoms with Gasteiger partial charge in [0.2, 0.25) is 5.88 Å². The highest BCUT2D eigenvalue weighted by molar-refractivity contribution is 7.82. The molecule has 15 heteroatoms. The largest absolute Gasteiger partial charge is 0.495 e. The van der Waals surface area contributed by atoms with Crippen LogP contribution in [0.25, 0.3) is 21.9 Å². The van der Waals surface area contributed by atoms with Crippen molar-refractivity contribution in [2.45, 2.75) is 53.6 Å². The zero-order valence-electron chi connectivity index (χ0n) is 29.5. The Morgan fingerprint density at radius 2 is 1.78 bits per heavy atom. The van der Waals surface area contributed by atoms with E-state index < -0.39 is 23.3 Å². The molecule has 0 radical (unpaired) electrons. The summed E-state index contributed by atoms with van der Waals surface area (Å²) in [5.41, 5.74) is 2.39. The van der Waals surface area contributed by atoms with Crippen LogP contribution in [-0.4, -0.2) is 75.3 Å². The molecule has 4 aromatic rings. The number of esters is 1. The van der Waals surface area contributed by atoms with Gasteiger partial charge in [0.1, 0.15) is 23.2 Å². The van der Waals surface area contributed by atoms with Gasteiger partial charge in [0.15, 0.2) is 11.5 Å². The molecule has 2 fully saturated rings. The van der Waals surface area contributed by atoms with Crippen LogP contribution in [0.1, 0.15) is 55.1 Å². The van der Waals surface area contributed by atoms with Crippen LogP contribution in [0.3, 0.4) is 0 Å². The van der Waals surface area contributed by atoms with Gasteiger partial charge in [-0.1, -0.05) is 32.9 Å². The third kappa shape index (κ3) is 7.52. The summed E-state index contributed by atoms with van der Waals surface area (Å²) in [4.78, 5) is 37.1. The summed E-state index contributed by atoms with van der Waals surface area (Å²) >= 11 is -1.99. The Labute approximate surface area is 299 Å². The Morgan fingerprint density at radius 3 is 2.47 bits per heavy atom. The van der Waals surface area contributed by atoms with Crippen LogP contribution in [-0.2, 0) is 20.7 Å². The van der Waals surface area contributed by atoms with E-state index in [9.17, 15) is 13.8 Å². The molecule has 3 atom stereocenters. The first-order valence-corrected chi connectivity index (χ1v) is 17.9. The number of benzene rings is 2. The fourth-order valence-electron chi connectivity index (χ4n) is 6.91. The number of nitrogens with one attached hydrogen (secondary N) is 2. The lowest BCUT2D eigenvalue weighted by molar-refractivity contribution is -0.0249. The number of fused-ring (bicyclic) bond motifs is 1. The van der Waals surface area contributed by atoms with E-state index in [1.54, 1.807) is 24.3 Å². The van der Waals surface area contributed by atoms with Gasteiger partial charge in [-0.05, 0) is 79.8 Å². The summed E-state index contributed by atoms with van der Waals surface area (Å²) < 4.78 is 45.8. The van der Waals surface area contributed by atoms with Gasteiger partial charge in [0.05, 0.1) is 32.6 Å². The monoisotopic (exact) mass is 718 g/mol. The summed E-state index contributed by atoms with van der Waals surface area (Å²) in [5, 5.41) is 3.10. The van der Waals surface area contributed by atoms with Crippen LogP contribution in [0.5, 0.6) is 17.4 Å². The number of anilines is 1. The molecule has 2 aromatic heterocycles. The highest BCUT2D eigenvalue weighted by Crippen LogP contribution is 2.41. The lowest BCUT2D eigenvalue weighted by Crippen LogP contribution is -2.42. The molecule has 51 heavy (non-hydrogen) atoms. The number of rotatable bonds is 9. The van der Waals surface area contributed by atoms with E-state index in [0.717, 1.165) is 24.0 Å². The van der Waals surface area contributed by atoms with Gasteiger partial charge in [-0.2, -0.15) is 4.21 Å². The number of ether oxygens (including phenoxy) is 4. The fraction of sp³-hybridized carbons (Fsp3) is 0.444. The van der Waals surface area contributed by atoms with E-state index >= 15 is 0 Å². The minimum Gasteiger partial charge on any atom is -0.495 e. The number of aryl methyl sites for hydroxylation is 2. The van der Waals surface area contributed by atoms with Gasteiger partial charge in [0.25, 0.3) is 5.69 Å². The van der Waals surface area contributed by atoms with Gasteiger partial charge in [-0.25, -0.2) is 23.9 Å². The van der Waals surface area contributed by atoms with Crippen LogP contribution in [0.15, 0.2) is 36.4 Å². The number of aromatic nitrogens is 3. The molecule has 270 valence electrons. The number of carbonyl (C=O) groups is 2. The number of H-pyrrole nitrogens is 1. The van der Waals surface area contributed by atoms with E-state index in [2.05, 4.69) is 35.4 Å². The molecule has 3 heterocycles. The molecule has 3 unspecified atom stereocenters. The number of morpholine rings is 1. The second kappa shape index (κ2) is 15.0. The van der Waals surface area contributed by atoms with Crippen molar-refractivity contribution in [3.8, 4) is 28.8 Å². The predicted octanol–water partition coefficient (Wildman–Crippen LogP) is 6.63. The maximum atomic E-state index is 14.0. The van der Waals surface area contributed by atoms with Crippen LogP contribution >= 0.6 is 0 Å². The first-order chi connectivity index (χ1) is 24.5. The van der Waals surface area contributed by atoms with Crippen LogP contribution in [0.4, 0.5) is 16.2 Å². The Bertz CT molecular complexity index is 2000. The number of hydrogen-bond donors (Lipinski definition) is 2. The van der Waals surface area contributed by atoms with Crippen molar-refractivity contribution in [3.05, 3.63) is 64.5 Å². The van der Waals surface area contributed by atoms with E-state index in [4.69, 9.17) is 34.7 Å². The summed E-state index contributed by atoms with van der Waals surface area (Å²) in [7, 11) is 1.49. The molecule has 2 aromatic carbocycles. The van der Waals surface area contributed by atoms with Crippen molar-refractivity contribution in [2.75, 3.05) is 38.1 Å². The molecular weight excluding hydrogens is 676 g/mol. The van der Waals surface area contributed by atoms with Crippen LogP contribution in [0, 0.1) is 38.2 Å². The number of hydrogen-bond acceptors (Lipinski definition) is 9. The van der Waals surface area contributed by atoms with E-state index in [0.29, 0.717) is 55.0 Å². The molecule has 0 bridgehead atoms. The number of aromatic amines is 1. The van der Waals surface area contributed by atoms with Crippen molar-refractivity contribution >= 4 is 40.4 Å². The summed E-state index contributed by atoms with van der Waals surface area (Å²) in [6.07, 6.45) is 0.768. The quantitative estimate of drug-likeness (QED) is 0.144. The third-order valence-corrected chi connectivity index (χ3v) is 10.1. The number of methoxy groups -OCH3 is 1.